The van der Waals surface area contributed by atoms with Crippen LogP contribution in [-0.4, -0.2) is 35.1 Å². The summed E-state index contributed by atoms with van der Waals surface area (Å²) in [5.74, 6) is 2.79. The summed E-state index contributed by atoms with van der Waals surface area (Å²) in [4.78, 5) is 13.6. The Morgan fingerprint density at radius 1 is 1.12 bits per heavy atom. The number of thiocarbonyl (C=S) groups is 1. The van der Waals surface area contributed by atoms with Crippen molar-refractivity contribution in [3.63, 3.8) is 0 Å². The normalized spacial score (nSPS) is 39.7. The second kappa shape index (κ2) is 6.15. The van der Waals surface area contributed by atoms with Gasteiger partial charge in [-0.1, -0.05) is 0 Å². The summed E-state index contributed by atoms with van der Waals surface area (Å²) in [6.07, 6.45) is 10.3. The van der Waals surface area contributed by atoms with Gasteiger partial charge in [0.15, 0.2) is 5.11 Å². The van der Waals surface area contributed by atoms with Crippen LogP contribution in [0.15, 0.2) is 0 Å². The Morgan fingerprint density at radius 3 is 2.08 bits per heavy atom. The third-order valence-electron chi connectivity index (χ3n) is 7.53. The monoisotopic (exact) mass is 349 g/mol. The van der Waals surface area contributed by atoms with Crippen LogP contribution in [0, 0.1) is 29.1 Å². The van der Waals surface area contributed by atoms with Gasteiger partial charge in [-0.2, -0.15) is 0 Å². The molecule has 1 atom stereocenters. The molecule has 1 aliphatic heterocycles. The minimum atomic E-state index is -0.157. The zero-order valence-corrected chi connectivity index (χ0v) is 15.6. The SMILES string of the molecule is CC(NC(=S)N1CCC(C(N)=O)CC1)C12CC3CC(CC(C3)C1)C2. The average molecular weight is 350 g/mol. The van der Waals surface area contributed by atoms with E-state index in [9.17, 15) is 4.79 Å². The third kappa shape index (κ3) is 2.93. The van der Waals surface area contributed by atoms with E-state index in [1.165, 1.54) is 38.5 Å². The van der Waals surface area contributed by atoms with Crippen molar-refractivity contribution >= 4 is 23.2 Å². The number of hydrogen-bond acceptors (Lipinski definition) is 2. The van der Waals surface area contributed by atoms with Crippen molar-refractivity contribution in [1.29, 1.82) is 0 Å². The van der Waals surface area contributed by atoms with Gasteiger partial charge in [0.05, 0.1) is 0 Å². The fourth-order valence-corrected chi connectivity index (χ4v) is 6.86. The predicted molar refractivity (Wildman–Crippen MR) is 99.3 cm³/mol. The summed E-state index contributed by atoms with van der Waals surface area (Å²) in [5, 5.41) is 4.58. The van der Waals surface area contributed by atoms with Crippen LogP contribution in [0.4, 0.5) is 0 Å². The van der Waals surface area contributed by atoms with E-state index in [1.54, 1.807) is 0 Å². The Balaban J connectivity index is 1.35. The average Bonchev–Trinajstić information content (AvgIpc) is 2.53. The van der Waals surface area contributed by atoms with Gasteiger partial charge in [-0.3, -0.25) is 4.79 Å². The lowest BCUT2D eigenvalue weighted by Gasteiger charge is -2.59. The van der Waals surface area contributed by atoms with Crippen LogP contribution in [0.5, 0.6) is 0 Å². The Hall–Kier alpha value is -0.840. The molecule has 1 amide bonds. The number of amides is 1. The zero-order chi connectivity index (χ0) is 16.9. The molecular weight excluding hydrogens is 318 g/mol. The molecule has 5 rings (SSSR count). The summed E-state index contributed by atoms with van der Waals surface area (Å²) < 4.78 is 0. The van der Waals surface area contributed by atoms with E-state index >= 15 is 0 Å². The van der Waals surface area contributed by atoms with Crippen molar-refractivity contribution < 1.29 is 4.79 Å². The summed E-state index contributed by atoms with van der Waals surface area (Å²) in [7, 11) is 0. The van der Waals surface area contributed by atoms with Crippen molar-refractivity contribution in [1.82, 2.24) is 10.2 Å². The van der Waals surface area contributed by atoms with E-state index in [2.05, 4.69) is 17.1 Å². The number of nitrogens with two attached hydrogens (primary N) is 1. The number of nitrogens with zero attached hydrogens (tertiary/aromatic N) is 1. The molecule has 0 aromatic carbocycles. The number of carbonyl (C=O) groups excluding carboxylic acids is 1. The highest BCUT2D eigenvalue weighted by atomic mass is 32.1. The minimum Gasteiger partial charge on any atom is -0.369 e. The first kappa shape index (κ1) is 16.6. The van der Waals surface area contributed by atoms with Crippen LogP contribution >= 0.6 is 12.2 Å². The molecule has 4 aliphatic carbocycles. The van der Waals surface area contributed by atoms with E-state index in [4.69, 9.17) is 18.0 Å². The Labute approximate surface area is 150 Å². The number of hydrogen-bond donors (Lipinski definition) is 2. The van der Waals surface area contributed by atoms with Crippen molar-refractivity contribution in [2.45, 2.75) is 64.3 Å². The Kier molecular flexibility index (Phi) is 4.26. The molecule has 134 valence electrons. The molecule has 0 aromatic rings. The predicted octanol–water partition coefficient (Wildman–Crippen LogP) is 2.66. The van der Waals surface area contributed by atoms with Crippen molar-refractivity contribution in [3.05, 3.63) is 0 Å². The van der Waals surface area contributed by atoms with Gasteiger partial charge < -0.3 is 16.0 Å². The highest BCUT2D eigenvalue weighted by Crippen LogP contribution is 2.61. The molecule has 5 aliphatic rings. The number of piperidine rings is 1. The minimum absolute atomic E-state index is 0.0321. The maximum atomic E-state index is 11.3. The topological polar surface area (TPSA) is 58.4 Å². The lowest BCUT2D eigenvalue weighted by Crippen LogP contribution is -2.58. The molecule has 4 nitrogen and oxygen atoms in total. The molecule has 0 aromatic heterocycles. The first-order valence-corrected chi connectivity index (χ1v) is 10.2. The summed E-state index contributed by atoms with van der Waals surface area (Å²) in [6, 6.07) is 0.465. The Morgan fingerprint density at radius 2 is 1.62 bits per heavy atom. The van der Waals surface area contributed by atoms with Crippen LogP contribution in [-0.2, 0) is 4.79 Å². The first-order chi connectivity index (χ1) is 11.4. The number of carbonyl (C=O) groups is 1. The fraction of sp³-hybridized carbons (Fsp3) is 0.895. The molecule has 5 heteroatoms. The molecule has 1 saturated heterocycles. The van der Waals surface area contributed by atoms with Crippen LogP contribution in [0.1, 0.15) is 58.3 Å². The fourth-order valence-electron chi connectivity index (χ4n) is 6.50. The standard InChI is InChI=1S/C19H31N3OS/c1-12(19-9-13-6-14(10-19)8-15(7-13)11-19)21-18(24)22-4-2-16(3-5-22)17(20)23/h12-16H,2-11H2,1H3,(H2,20,23)(H,21,24). The lowest BCUT2D eigenvalue weighted by molar-refractivity contribution is -0.122. The number of primary amides is 1. The van der Waals surface area contributed by atoms with Gasteiger partial charge in [0.25, 0.3) is 0 Å². The second-order valence-electron chi connectivity index (χ2n) is 9.11. The second-order valence-corrected chi connectivity index (χ2v) is 9.50. The number of nitrogens with one attached hydrogen (secondary N) is 1. The molecule has 5 fully saturated rings. The van der Waals surface area contributed by atoms with E-state index in [0.717, 1.165) is 48.8 Å². The highest BCUT2D eigenvalue weighted by Gasteiger charge is 2.53. The number of rotatable bonds is 3. The van der Waals surface area contributed by atoms with E-state index < -0.39 is 0 Å². The summed E-state index contributed by atoms with van der Waals surface area (Å²) in [6.45, 7) is 4.07. The molecule has 4 saturated carbocycles. The molecule has 4 bridgehead atoms. The van der Waals surface area contributed by atoms with Gasteiger partial charge in [0, 0.05) is 25.0 Å². The molecule has 3 N–H and O–H groups in total. The van der Waals surface area contributed by atoms with Gasteiger partial charge in [-0.25, -0.2) is 0 Å². The molecule has 1 heterocycles. The van der Waals surface area contributed by atoms with E-state index in [0.29, 0.717) is 11.5 Å². The van der Waals surface area contributed by atoms with E-state index in [1.807, 2.05) is 0 Å². The van der Waals surface area contributed by atoms with Crippen molar-refractivity contribution in [3.8, 4) is 0 Å². The molecule has 24 heavy (non-hydrogen) atoms. The van der Waals surface area contributed by atoms with Gasteiger partial charge in [-0.05, 0) is 93.7 Å². The van der Waals surface area contributed by atoms with Gasteiger partial charge in [0.1, 0.15) is 0 Å². The van der Waals surface area contributed by atoms with Gasteiger partial charge in [0.2, 0.25) is 5.91 Å². The summed E-state index contributed by atoms with van der Waals surface area (Å²) >= 11 is 5.71. The molecule has 0 radical (unpaired) electrons. The van der Waals surface area contributed by atoms with Crippen molar-refractivity contribution in [2.24, 2.45) is 34.8 Å². The smallest absolute Gasteiger partial charge is 0.220 e. The molecule has 0 spiro atoms. The van der Waals surface area contributed by atoms with Crippen molar-refractivity contribution in [2.75, 3.05) is 13.1 Å². The Bertz CT molecular complexity index is 491. The summed E-state index contributed by atoms with van der Waals surface area (Å²) in [5.41, 5.74) is 5.91. The maximum Gasteiger partial charge on any atom is 0.220 e. The lowest BCUT2D eigenvalue weighted by atomic mass is 9.48. The number of likely N-dealkylation sites (tertiary alicyclic amines) is 1. The van der Waals surface area contributed by atoms with Crippen LogP contribution in [0.2, 0.25) is 0 Å². The molecular formula is C19H31N3OS. The zero-order valence-electron chi connectivity index (χ0n) is 14.8. The van der Waals surface area contributed by atoms with Gasteiger partial charge in [-0.15, -0.1) is 0 Å². The van der Waals surface area contributed by atoms with Crippen LogP contribution in [0.25, 0.3) is 0 Å². The quantitative estimate of drug-likeness (QED) is 0.769. The largest absolute Gasteiger partial charge is 0.369 e. The first-order valence-electron chi connectivity index (χ1n) is 9.80. The third-order valence-corrected chi connectivity index (χ3v) is 7.90. The maximum absolute atomic E-state index is 11.3. The van der Waals surface area contributed by atoms with E-state index in [-0.39, 0.29) is 11.8 Å². The molecule has 1 unspecified atom stereocenters. The van der Waals surface area contributed by atoms with Gasteiger partial charge >= 0.3 is 0 Å². The highest BCUT2D eigenvalue weighted by molar-refractivity contribution is 7.80. The van der Waals surface area contributed by atoms with Crippen LogP contribution in [0.3, 0.4) is 0 Å². The van der Waals surface area contributed by atoms with Crippen LogP contribution < -0.4 is 11.1 Å².